The molecule has 0 fully saturated rings. The molecule has 0 atom stereocenters. The first-order valence-electron chi connectivity index (χ1n) is 6.78. The monoisotopic (exact) mass is 306 g/mol. The van der Waals surface area contributed by atoms with Gasteiger partial charge in [0.15, 0.2) is 0 Å². The average Bonchev–Trinajstić information content (AvgIpc) is 2.50. The molecule has 1 amide bonds. The number of hydrogen-bond acceptors (Lipinski definition) is 3. The van der Waals surface area contributed by atoms with Gasteiger partial charge in [-0.3, -0.25) is 4.79 Å². The van der Waals surface area contributed by atoms with Crippen LogP contribution in [0, 0.1) is 0 Å². The Balaban J connectivity index is 2.20. The van der Waals surface area contributed by atoms with Crippen LogP contribution in [0.25, 0.3) is 10.8 Å². The van der Waals surface area contributed by atoms with Crippen LogP contribution < -0.4 is 10.0 Å². The van der Waals surface area contributed by atoms with Gasteiger partial charge in [0, 0.05) is 11.9 Å². The van der Waals surface area contributed by atoms with Crippen molar-refractivity contribution in [2.24, 2.45) is 0 Å². The van der Waals surface area contributed by atoms with Crippen molar-refractivity contribution in [3.05, 3.63) is 42.5 Å². The molecular weight excluding hydrogens is 288 g/mol. The van der Waals surface area contributed by atoms with E-state index in [0.717, 1.165) is 11.8 Å². The molecule has 0 bridgehead atoms. The number of amides is 1. The highest BCUT2D eigenvalue weighted by Gasteiger charge is 2.17. The summed E-state index contributed by atoms with van der Waals surface area (Å²) < 4.78 is 27.0. The second-order valence-corrected chi connectivity index (χ2v) is 6.39. The minimum absolute atomic E-state index is 0.184. The third kappa shape index (κ3) is 3.80. The van der Waals surface area contributed by atoms with E-state index >= 15 is 0 Å². The fraction of sp³-hybridized carbons (Fsp3) is 0.267. The zero-order valence-corrected chi connectivity index (χ0v) is 12.6. The molecule has 0 aromatic heterocycles. The zero-order chi connectivity index (χ0) is 15.3. The van der Waals surface area contributed by atoms with Crippen LogP contribution in [0.15, 0.2) is 47.4 Å². The number of hydrogen-bond donors (Lipinski definition) is 2. The highest BCUT2D eigenvalue weighted by atomic mass is 32.2. The summed E-state index contributed by atoms with van der Waals surface area (Å²) in [6.07, 6.45) is 0.807. The average molecular weight is 306 g/mol. The van der Waals surface area contributed by atoms with E-state index in [-0.39, 0.29) is 17.3 Å². The van der Waals surface area contributed by atoms with E-state index < -0.39 is 10.0 Å². The van der Waals surface area contributed by atoms with Crippen molar-refractivity contribution in [1.29, 1.82) is 0 Å². The molecule has 2 N–H and O–H groups in total. The van der Waals surface area contributed by atoms with Crippen molar-refractivity contribution < 1.29 is 13.2 Å². The number of carbonyl (C=O) groups is 1. The lowest BCUT2D eigenvalue weighted by Gasteiger charge is -2.09. The van der Waals surface area contributed by atoms with Gasteiger partial charge in [0.1, 0.15) is 0 Å². The van der Waals surface area contributed by atoms with E-state index in [9.17, 15) is 13.2 Å². The molecule has 0 unspecified atom stereocenters. The van der Waals surface area contributed by atoms with Gasteiger partial charge in [-0.05, 0) is 17.9 Å². The van der Waals surface area contributed by atoms with Gasteiger partial charge in [0.2, 0.25) is 15.9 Å². The van der Waals surface area contributed by atoms with Crippen LogP contribution in [-0.2, 0) is 14.8 Å². The van der Waals surface area contributed by atoms with Crippen molar-refractivity contribution >= 4 is 26.7 Å². The Bertz CT molecular complexity index is 736. The lowest BCUT2D eigenvalue weighted by Crippen LogP contribution is -2.37. The summed E-state index contributed by atoms with van der Waals surface area (Å²) in [5.41, 5.74) is 0. The lowest BCUT2D eigenvalue weighted by atomic mass is 10.1. The number of sulfonamides is 1. The molecule has 0 saturated carbocycles. The van der Waals surface area contributed by atoms with Gasteiger partial charge in [-0.25, -0.2) is 13.1 Å². The van der Waals surface area contributed by atoms with Gasteiger partial charge >= 0.3 is 0 Å². The fourth-order valence-electron chi connectivity index (χ4n) is 2.00. The molecule has 0 heterocycles. The summed E-state index contributed by atoms with van der Waals surface area (Å²) in [4.78, 5) is 11.7. The first kappa shape index (κ1) is 15.5. The maximum Gasteiger partial charge on any atom is 0.241 e. The molecule has 2 aromatic carbocycles. The third-order valence-corrected chi connectivity index (χ3v) is 4.49. The first-order chi connectivity index (χ1) is 10.0. The second kappa shape index (κ2) is 6.69. The second-order valence-electron chi connectivity index (χ2n) is 4.65. The lowest BCUT2D eigenvalue weighted by molar-refractivity contribution is -0.119. The van der Waals surface area contributed by atoms with Crippen LogP contribution in [0.2, 0.25) is 0 Å². The highest BCUT2D eigenvalue weighted by Crippen LogP contribution is 2.22. The molecule has 2 aromatic rings. The standard InChI is InChI=1S/C15H18N2O3S/c1-2-10-16-15(18)11-17-21(19,20)14-9-5-7-12-6-3-4-8-13(12)14/h3-9,17H,2,10-11H2,1H3,(H,16,18). The number of carbonyl (C=O) groups excluding carboxylic acids is 1. The van der Waals surface area contributed by atoms with E-state index in [1.54, 1.807) is 18.2 Å². The number of benzene rings is 2. The van der Waals surface area contributed by atoms with Crippen molar-refractivity contribution in [2.45, 2.75) is 18.2 Å². The minimum Gasteiger partial charge on any atom is -0.355 e. The van der Waals surface area contributed by atoms with Crippen LogP contribution >= 0.6 is 0 Å². The molecule has 5 nitrogen and oxygen atoms in total. The first-order valence-corrected chi connectivity index (χ1v) is 8.27. The SMILES string of the molecule is CCCNC(=O)CNS(=O)(=O)c1cccc2ccccc12. The Morgan fingerprint density at radius 2 is 1.81 bits per heavy atom. The molecule has 0 radical (unpaired) electrons. The largest absolute Gasteiger partial charge is 0.355 e. The van der Waals surface area contributed by atoms with Crippen molar-refractivity contribution in [3.8, 4) is 0 Å². The molecule has 2 rings (SSSR count). The van der Waals surface area contributed by atoms with Crippen LogP contribution in [0.5, 0.6) is 0 Å². The third-order valence-electron chi connectivity index (χ3n) is 3.03. The quantitative estimate of drug-likeness (QED) is 0.852. The van der Waals surface area contributed by atoms with E-state index in [1.165, 1.54) is 6.07 Å². The van der Waals surface area contributed by atoms with Crippen LogP contribution in [-0.4, -0.2) is 27.4 Å². The minimum atomic E-state index is -3.72. The van der Waals surface area contributed by atoms with Gasteiger partial charge in [-0.2, -0.15) is 0 Å². The molecular formula is C15H18N2O3S. The van der Waals surface area contributed by atoms with Crippen molar-refractivity contribution in [2.75, 3.05) is 13.1 Å². The van der Waals surface area contributed by atoms with Crippen molar-refractivity contribution in [1.82, 2.24) is 10.0 Å². The van der Waals surface area contributed by atoms with E-state index in [0.29, 0.717) is 11.9 Å². The predicted octanol–water partition coefficient (Wildman–Crippen LogP) is 1.64. The van der Waals surface area contributed by atoms with E-state index in [2.05, 4.69) is 10.0 Å². The molecule has 112 valence electrons. The number of fused-ring (bicyclic) bond motifs is 1. The summed E-state index contributed by atoms with van der Waals surface area (Å²) in [6.45, 7) is 2.21. The van der Waals surface area contributed by atoms with Gasteiger partial charge in [-0.1, -0.05) is 43.3 Å². The summed E-state index contributed by atoms with van der Waals surface area (Å²) in [7, 11) is -3.72. The van der Waals surface area contributed by atoms with E-state index in [4.69, 9.17) is 0 Å². The van der Waals surface area contributed by atoms with E-state index in [1.807, 2.05) is 25.1 Å². The molecule has 0 aliphatic carbocycles. The Morgan fingerprint density at radius 1 is 1.10 bits per heavy atom. The summed E-state index contributed by atoms with van der Waals surface area (Å²) in [6, 6.07) is 12.3. The van der Waals surface area contributed by atoms with Gasteiger partial charge < -0.3 is 5.32 Å². The Morgan fingerprint density at radius 3 is 2.57 bits per heavy atom. The highest BCUT2D eigenvalue weighted by molar-refractivity contribution is 7.89. The van der Waals surface area contributed by atoms with Crippen LogP contribution in [0.4, 0.5) is 0 Å². The smallest absolute Gasteiger partial charge is 0.241 e. The summed E-state index contributed by atoms with van der Waals surface area (Å²) in [5.74, 6) is -0.333. The van der Waals surface area contributed by atoms with Crippen LogP contribution in [0.1, 0.15) is 13.3 Å². The molecule has 21 heavy (non-hydrogen) atoms. The van der Waals surface area contributed by atoms with Gasteiger partial charge in [0.25, 0.3) is 0 Å². The van der Waals surface area contributed by atoms with Crippen LogP contribution in [0.3, 0.4) is 0 Å². The Labute approximate surface area is 124 Å². The van der Waals surface area contributed by atoms with Crippen molar-refractivity contribution in [3.63, 3.8) is 0 Å². The summed E-state index contributed by atoms with van der Waals surface area (Å²) >= 11 is 0. The van der Waals surface area contributed by atoms with Gasteiger partial charge in [0.05, 0.1) is 11.4 Å². The fourth-order valence-corrected chi connectivity index (χ4v) is 3.20. The summed E-state index contributed by atoms with van der Waals surface area (Å²) in [5, 5.41) is 4.11. The molecule has 0 aliphatic heterocycles. The topological polar surface area (TPSA) is 75.3 Å². The molecule has 0 aliphatic rings. The molecule has 0 spiro atoms. The maximum atomic E-state index is 12.3. The molecule has 0 saturated heterocycles. The normalized spacial score (nSPS) is 11.5. The zero-order valence-electron chi connectivity index (χ0n) is 11.8. The molecule has 6 heteroatoms. The Hall–Kier alpha value is -1.92. The predicted molar refractivity (Wildman–Crippen MR) is 82.4 cm³/mol. The maximum absolute atomic E-state index is 12.3. The number of rotatable bonds is 6. The number of nitrogens with one attached hydrogen (secondary N) is 2. The Kier molecular flexibility index (Phi) is 4.93. The van der Waals surface area contributed by atoms with Gasteiger partial charge in [-0.15, -0.1) is 0 Å².